The lowest BCUT2D eigenvalue weighted by Crippen LogP contribution is -2.45. The predicted octanol–water partition coefficient (Wildman–Crippen LogP) is 2.43. The van der Waals surface area contributed by atoms with Crippen LogP contribution in [0.1, 0.15) is 48.4 Å². The Morgan fingerprint density at radius 3 is 2.81 bits per heavy atom. The average molecular weight is 282 g/mol. The van der Waals surface area contributed by atoms with Crippen LogP contribution in [0, 0.1) is 24.2 Å². The minimum absolute atomic E-state index is 0.132. The highest BCUT2D eigenvalue weighted by molar-refractivity contribution is 6.00. The van der Waals surface area contributed by atoms with Crippen LogP contribution >= 0.6 is 0 Å². The number of carbonyl (C=O) groups excluding carboxylic acids is 1. The van der Waals surface area contributed by atoms with E-state index in [2.05, 4.69) is 24.1 Å². The van der Waals surface area contributed by atoms with Gasteiger partial charge in [-0.1, -0.05) is 0 Å². The van der Waals surface area contributed by atoms with Crippen molar-refractivity contribution in [3.05, 3.63) is 35.3 Å². The van der Waals surface area contributed by atoms with Gasteiger partial charge in [-0.3, -0.25) is 4.79 Å². The van der Waals surface area contributed by atoms with Crippen molar-refractivity contribution in [2.45, 2.75) is 39.2 Å². The Bertz CT molecular complexity index is 762. The first-order valence-corrected chi connectivity index (χ1v) is 7.13. The van der Waals surface area contributed by atoms with Crippen molar-refractivity contribution in [3.63, 3.8) is 0 Å². The largest absolute Gasteiger partial charge is 0.347 e. The molecule has 1 amide bonds. The van der Waals surface area contributed by atoms with E-state index in [-0.39, 0.29) is 11.4 Å². The standard InChI is InChI=1S/C16H18N4O/c1-10-4-7-13(14-18-12(8-17)9-20(10)14)15(21)19-16(2,3)11-5-6-11/h4,7,9,11H,5-6H2,1-3H3,(H,19,21). The second kappa shape index (κ2) is 4.59. The van der Waals surface area contributed by atoms with Gasteiger partial charge in [0, 0.05) is 17.4 Å². The quantitative estimate of drug-likeness (QED) is 0.940. The average Bonchev–Trinajstić information content (AvgIpc) is 3.19. The summed E-state index contributed by atoms with van der Waals surface area (Å²) < 4.78 is 1.79. The number of aromatic nitrogens is 2. The molecule has 21 heavy (non-hydrogen) atoms. The molecule has 0 radical (unpaired) electrons. The van der Waals surface area contributed by atoms with Crippen molar-refractivity contribution >= 4 is 11.6 Å². The maximum absolute atomic E-state index is 12.6. The summed E-state index contributed by atoms with van der Waals surface area (Å²) in [5.41, 5.74) is 2.10. The third-order valence-electron chi connectivity index (χ3n) is 4.21. The predicted molar refractivity (Wildman–Crippen MR) is 78.9 cm³/mol. The molecule has 1 fully saturated rings. The highest BCUT2D eigenvalue weighted by Gasteiger charge is 2.39. The Hall–Kier alpha value is -2.35. The van der Waals surface area contributed by atoms with Crippen LogP contribution in [-0.2, 0) is 0 Å². The van der Waals surface area contributed by atoms with Crippen molar-refractivity contribution in [1.82, 2.24) is 14.7 Å². The first-order chi connectivity index (χ1) is 9.92. The molecule has 2 aromatic rings. The Balaban J connectivity index is 2.00. The molecule has 1 aliphatic carbocycles. The molecule has 0 aromatic carbocycles. The number of rotatable bonds is 3. The first-order valence-electron chi connectivity index (χ1n) is 7.13. The van der Waals surface area contributed by atoms with Gasteiger partial charge in [0.2, 0.25) is 0 Å². The SMILES string of the molecule is Cc1ccc(C(=O)NC(C)(C)C2CC2)c2nc(C#N)cn12. The molecule has 5 heteroatoms. The number of imidazole rings is 1. The van der Waals surface area contributed by atoms with Gasteiger partial charge in [0.15, 0.2) is 11.3 Å². The van der Waals surface area contributed by atoms with Gasteiger partial charge in [-0.2, -0.15) is 5.26 Å². The molecule has 0 spiro atoms. The monoisotopic (exact) mass is 282 g/mol. The number of nitrogens with one attached hydrogen (secondary N) is 1. The molecule has 1 saturated carbocycles. The van der Waals surface area contributed by atoms with Gasteiger partial charge in [-0.15, -0.1) is 0 Å². The lowest BCUT2D eigenvalue weighted by Gasteiger charge is -2.26. The fourth-order valence-corrected chi connectivity index (χ4v) is 2.70. The van der Waals surface area contributed by atoms with Gasteiger partial charge in [0.25, 0.3) is 5.91 Å². The summed E-state index contributed by atoms with van der Waals surface area (Å²) in [6.45, 7) is 6.03. The normalized spacial score (nSPS) is 15.0. The Morgan fingerprint density at radius 1 is 1.48 bits per heavy atom. The Labute approximate surface area is 123 Å². The summed E-state index contributed by atoms with van der Waals surface area (Å²) in [6, 6.07) is 5.67. The molecule has 0 atom stereocenters. The second-order valence-electron chi connectivity index (χ2n) is 6.27. The third-order valence-corrected chi connectivity index (χ3v) is 4.21. The molecule has 0 aliphatic heterocycles. The van der Waals surface area contributed by atoms with Crippen LogP contribution in [0.2, 0.25) is 0 Å². The van der Waals surface area contributed by atoms with Crippen LogP contribution in [0.5, 0.6) is 0 Å². The molecule has 5 nitrogen and oxygen atoms in total. The zero-order valence-electron chi connectivity index (χ0n) is 12.5. The molecular formula is C16H18N4O. The fraction of sp³-hybridized carbons (Fsp3) is 0.438. The minimum atomic E-state index is -0.205. The fourth-order valence-electron chi connectivity index (χ4n) is 2.70. The summed E-state index contributed by atoms with van der Waals surface area (Å²) in [6.07, 6.45) is 3.99. The van der Waals surface area contributed by atoms with E-state index in [4.69, 9.17) is 5.26 Å². The van der Waals surface area contributed by atoms with Crippen LogP contribution in [0.15, 0.2) is 18.3 Å². The summed E-state index contributed by atoms with van der Waals surface area (Å²) >= 11 is 0. The van der Waals surface area contributed by atoms with Gasteiger partial charge in [0.05, 0.1) is 5.56 Å². The summed E-state index contributed by atoms with van der Waals surface area (Å²) in [4.78, 5) is 16.8. The number of pyridine rings is 1. The molecule has 2 heterocycles. The number of carbonyl (C=O) groups is 1. The molecule has 3 rings (SSSR count). The van der Waals surface area contributed by atoms with Crippen molar-refractivity contribution in [2.24, 2.45) is 5.92 Å². The van der Waals surface area contributed by atoms with E-state index >= 15 is 0 Å². The number of hydrogen-bond acceptors (Lipinski definition) is 3. The van der Waals surface area contributed by atoms with Gasteiger partial charge in [-0.25, -0.2) is 4.98 Å². The van der Waals surface area contributed by atoms with Crippen LogP contribution in [-0.4, -0.2) is 20.8 Å². The van der Waals surface area contributed by atoms with Crippen LogP contribution in [0.4, 0.5) is 0 Å². The van der Waals surface area contributed by atoms with E-state index in [0.29, 0.717) is 22.8 Å². The number of amides is 1. The van der Waals surface area contributed by atoms with Crippen molar-refractivity contribution in [3.8, 4) is 6.07 Å². The zero-order valence-corrected chi connectivity index (χ0v) is 12.5. The van der Waals surface area contributed by atoms with Gasteiger partial charge in [-0.05, 0) is 51.7 Å². The van der Waals surface area contributed by atoms with Crippen molar-refractivity contribution < 1.29 is 4.79 Å². The van der Waals surface area contributed by atoms with Crippen LogP contribution in [0.25, 0.3) is 5.65 Å². The van der Waals surface area contributed by atoms with E-state index in [1.54, 1.807) is 16.7 Å². The molecule has 108 valence electrons. The van der Waals surface area contributed by atoms with Gasteiger partial charge >= 0.3 is 0 Å². The Kier molecular flexibility index (Phi) is 2.98. The van der Waals surface area contributed by atoms with E-state index in [1.807, 2.05) is 19.1 Å². The van der Waals surface area contributed by atoms with E-state index < -0.39 is 0 Å². The number of nitrogens with zero attached hydrogens (tertiary/aromatic N) is 3. The highest BCUT2D eigenvalue weighted by atomic mass is 16.1. The number of hydrogen-bond donors (Lipinski definition) is 1. The number of aryl methyl sites for hydroxylation is 1. The topological polar surface area (TPSA) is 70.2 Å². The smallest absolute Gasteiger partial charge is 0.255 e. The van der Waals surface area contributed by atoms with Crippen molar-refractivity contribution in [1.29, 1.82) is 5.26 Å². The Morgan fingerprint density at radius 2 is 2.19 bits per heavy atom. The lowest BCUT2D eigenvalue weighted by atomic mass is 9.98. The number of nitriles is 1. The van der Waals surface area contributed by atoms with Gasteiger partial charge in [0.1, 0.15) is 6.07 Å². The van der Waals surface area contributed by atoms with E-state index in [0.717, 1.165) is 5.69 Å². The lowest BCUT2D eigenvalue weighted by molar-refractivity contribution is 0.0904. The molecule has 0 bridgehead atoms. The summed E-state index contributed by atoms with van der Waals surface area (Å²) in [5, 5.41) is 12.1. The number of fused-ring (bicyclic) bond motifs is 1. The second-order valence-corrected chi connectivity index (χ2v) is 6.27. The molecule has 1 aliphatic rings. The van der Waals surface area contributed by atoms with Gasteiger partial charge < -0.3 is 9.72 Å². The van der Waals surface area contributed by atoms with Crippen molar-refractivity contribution in [2.75, 3.05) is 0 Å². The maximum Gasteiger partial charge on any atom is 0.255 e. The molecule has 2 aromatic heterocycles. The molecule has 0 unspecified atom stereocenters. The maximum atomic E-state index is 12.6. The highest BCUT2D eigenvalue weighted by Crippen LogP contribution is 2.39. The zero-order chi connectivity index (χ0) is 15.2. The molecule has 0 saturated heterocycles. The minimum Gasteiger partial charge on any atom is -0.347 e. The summed E-state index contributed by atoms with van der Waals surface area (Å²) in [7, 11) is 0. The van der Waals surface area contributed by atoms with Crippen LogP contribution in [0.3, 0.4) is 0 Å². The van der Waals surface area contributed by atoms with Crippen LogP contribution < -0.4 is 5.32 Å². The molecule has 1 N–H and O–H groups in total. The van der Waals surface area contributed by atoms with E-state index in [1.165, 1.54) is 12.8 Å². The summed E-state index contributed by atoms with van der Waals surface area (Å²) in [5.74, 6) is 0.421. The van der Waals surface area contributed by atoms with E-state index in [9.17, 15) is 4.79 Å². The molecular weight excluding hydrogens is 264 g/mol. The first kappa shape index (κ1) is 13.6. The third kappa shape index (κ3) is 2.38.